The molecule has 3 N–H and O–H groups in total. The first kappa shape index (κ1) is 15.4. The van der Waals surface area contributed by atoms with Crippen molar-refractivity contribution in [1.82, 2.24) is 10.6 Å². The Morgan fingerprint density at radius 2 is 1.88 bits per heavy atom. The van der Waals surface area contributed by atoms with E-state index in [4.69, 9.17) is 5.11 Å². The van der Waals surface area contributed by atoms with Gasteiger partial charge in [0.2, 0.25) is 5.91 Å². The molecule has 0 radical (unpaired) electrons. The van der Waals surface area contributed by atoms with Crippen molar-refractivity contribution in [2.24, 2.45) is 5.92 Å². The van der Waals surface area contributed by atoms with Crippen LogP contribution in [0.15, 0.2) is 0 Å². The summed E-state index contributed by atoms with van der Waals surface area (Å²) in [6, 6.07) is 0.215. The minimum atomic E-state index is -0.253. The Balaban J connectivity index is 3.44. The molecular formula is C12H26N2O2. The summed E-state index contributed by atoms with van der Waals surface area (Å²) in [6.07, 6.45) is 1.42. The van der Waals surface area contributed by atoms with E-state index in [0.717, 1.165) is 19.4 Å². The Bertz CT molecular complexity index is 193. The summed E-state index contributed by atoms with van der Waals surface area (Å²) >= 11 is 0. The zero-order valence-electron chi connectivity index (χ0n) is 10.9. The van der Waals surface area contributed by atoms with Gasteiger partial charge in [-0.25, -0.2) is 0 Å². The minimum absolute atomic E-state index is 0.0400. The van der Waals surface area contributed by atoms with E-state index >= 15 is 0 Å². The average Bonchev–Trinajstić information content (AvgIpc) is 2.16. The van der Waals surface area contributed by atoms with Crippen LogP contribution in [0.5, 0.6) is 0 Å². The first-order valence-electron chi connectivity index (χ1n) is 6.11. The number of carbonyl (C=O) groups excluding carboxylic acids is 1. The molecule has 0 saturated carbocycles. The van der Waals surface area contributed by atoms with Crippen LogP contribution < -0.4 is 10.6 Å². The third-order valence-corrected chi connectivity index (χ3v) is 2.65. The highest BCUT2D eigenvalue weighted by atomic mass is 16.3. The fourth-order valence-corrected chi connectivity index (χ4v) is 1.20. The molecule has 0 saturated heterocycles. The molecule has 2 atom stereocenters. The molecule has 0 aliphatic carbocycles. The number of hydrogen-bond acceptors (Lipinski definition) is 3. The van der Waals surface area contributed by atoms with E-state index in [1.165, 1.54) is 0 Å². The van der Waals surface area contributed by atoms with Gasteiger partial charge < -0.3 is 15.7 Å². The van der Waals surface area contributed by atoms with Crippen LogP contribution in [0.3, 0.4) is 0 Å². The van der Waals surface area contributed by atoms with Gasteiger partial charge in [-0.1, -0.05) is 13.8 Å². The van der Waals surface area contributed by atoms with Gasteiger partial charge >= 0.3 is 0 Å². The summed E-state index contributed by atoms with van der Waals surface area (Å²) in [5.41, 5.74) is 0. The van der Waals surface area contributed by atoms with Gasteiger partial charge in [0.15, 0.2) is 0 Å². The number of nitrogens with one attached hydrogen (secondary N) is 2. The van der Waals surface area contributed by atoms with Gasteiger partial charge in [0.25, 0.3) is 0 Å². The van der Waals surface area contributed by atoms with Crippen LogP contribution in [-0.4, -0.2) is 36.2 Å². The quantitative estimate of drug-likeness (QED) is 0.543. The van der Waals surface area contributed by atoms with Crippen molar-refractivity contribution in [3.63, 3.8) is 0 Å². The summed E-state index contributed by atoms with van der Waals surface area (Å²) in [7, 11) is 0. The summed E-state index contributed by atoms with van der Waals surface area (Å²) < 4.78 is 0. The molecule has 2 unspecified atom stereocenters. The smallest absolute Gasteiger partial charge is 0.234 e. The molecular weight excluding hydrogens is 204 g/mol. The molecule has 0 aliphatic rings. The molecule has 0 bridgehead atoms. The molecule has 4 heteroatoms. The minimum Gasteiger partial charge on any atom is -0.393 e. The molecule has 0 fully saturated rings. The normalized spacial score (nSPS) is 14.9. The summed E-state index contributed by atoms with van der Waals surface area (Å²) in [4.78, 5) is 11.4. The topological polar surface area (TPSA) is 61.4 Å². The second-order valence-electron chi connectivity index (χ2n) is 4.77. The molecule has 0 aliphatic heterocycles. The van der Waals surface area contributed by atoms with E-state index in [0.29, 0.717) is 12.5 Å². The predicted octanol–water partition coefficient (Wildman–Crippen LogP) is 0.898. The number of rotatable bonds is 8. The lowest BCUT2D eigenvalue weighted by Crippen LogP contribution is -2.41. The number of aliphatic hydroxyl groups excluding tert-OH is 1. The maximum Gasteiger partial charge on any atom is 0.234 e. The molecule has 1 amide bonds. The standard InChI is InChI=1S/C12H26N2O2/c1-9(2)11(4)14-12(16)8-13-7-5-6-10(3)15/h9-11,13,15H,5-8H2,1-4H3,(H,14,16). The van der Waals surface area contributed by atoms with Crippen LogP contribution in [0.2, 0.25) is 0 Å². The fourth-order valence-electron chi connectivity index (χ4n) is 1.20. The van der Waals surface area contributed by atoms with Crippen LogP contribution in [0.4, 0.5) is 0 Å². The van der Waals surface area contributed by atoms with Crippen molar-refractivity contribution in [2.75, 3.05) is 13.1 Å². The van der Waals surface area contributed by atoms with Gasteiger partial charge in [-0.15, -0.1) is 0 Å². The third kappa shape index (κ3) is 8.68. The Morgan fingerprint density at radius 1 is 1.25 bits per heavy atom. The highest BCUT2D eigenvalue weighted by molar-refractivity contribution is 5.78. The average molecular weight is 230 g/mol. The van der Waals surface area contributed by atoms with Crippen molar-refractivity contribution in [3.8, 4) is 0 Å². The van der Waals surface area contributed by atoms with E-state index in [1.807, 2.05) is 6.92 Å². The molecule has 0 aromatic heterocycles. The van der Waals surface area contributed by atoms with Gasteiger partial charge in [0, 0.05) is 6.04 Å². The monoisotopic (exact) mass is 230 g/mol. The fraction of sp³-hybridized carbons (Fsp3) is 0.917. The van der Waals surface area contributed by atoms with Gasteiger partial charge in [0.1, 0.15) is 0 Å². The molecule has 16 heavy (non-hydrogen) atoms. The van der Waals surface area contributed by atoms with E-state index in [9.17, 15) is 4.79 Å². The summed E-state index contributed by atoms with van der Waals surface area (Å²) in [5, 5.41) is 15.0. The van der Waals surface area contributed by atoms with Crippen LogP contribution in [-0.2, 0) is 4.79 Å². The SMILES string of the molecule is CC(O)CCCNCC(=O)NC(C)C(C)C. The number of aliphatic hydroxyl groups is 1. The Morgan fingerprint density at radius 3 is 2.38 bits per heavy atom. The molecule has 0 aromatic rings. The second-order valence-corrected chi connectivity index (χ2v) is 4.77. The largest absolute Gasteiger partial charge is 0.393 e. The molecule has 4 nitrogen and oxygen atoms in total. The van der Waals surface area contributed by atoms with Gasteiger partial charge in [-0.05, 0) is 39.2 Å². The highest BCUT2D eigenvalue weighted by Gasteiger charge is 2.09. The van der Waals surface area contributed by atoms with Crippen LogP contribution >= 0.6 is 0 Å². The lowest BCUT2D eigenvalue weighted by atomic mass is 10.1. The zero-order valence-corrected chi connectivity index (χ0v) is 10.9. The predicted molar refractivity (Wildman–Crippen MR) is 66.2 cm³/mol. The lowest BCUT2D eigenvalue weighted by molar-refractivity contribution is -0.121. The number of amides is 1. The molecule has 0 rings (SSSR count). The van der Waals surface area contributed by atoms with Crippen LogP contribution in [0.1, 0.15) is 40.5 Å². The molecule has 0 aromatic carbocycles. The van der Waals surface area contributed by atoms with E-state index in [1.54, 1.807) is 6.92 Å². The van der Waals surface area contributed by atoms with Crippen molar-refractivity contribution in [3.05, 3.63) is 0 Å². The van der Waals surface area contributed by atoms with E-state index < -0.39 is 0 Å². The summed E-state index contributed by atoms with van der Waals surface area (Å²) in [6.45, 7) is 9.08. The highest BCUT2D eigenvalue weighted by Crippen LogP contribution is 1.98. The van der Waals surface area contributed by atoms with E-state index in [-0.39, 0.29) is 18.1 Å². The number of hydrogen-bond donors (Lipinski definition) is 3. The zero-order chi connectivity index (χ0) is 12.6. The first-order chi connectivity index (χ1) is 7.43. The van der Waals surface area contributed by atoms with E-state index in [2.05, 4.69) is 24.5 Å². The lowest BCUT2D eigenvalue weighted by Gasteiger charge is -2.17. The second kappa shape index (κ2) is 8.53. The van der Waals surface area contributed by atoms with Gasteiger partial charge in [-0.3, -0.25) is 4.79 Å². The summed E-state index contributed by atoms with van der Waals surface area (Å²) in [5.74, 6) is 0.498. The molecule has 0 heterocycles. The van der Waals surface area contributed by atoms with Gasteiger partial charge in [-0.2, -0.15) is 0 Å². The van der Waals surface area contributed by atoms with Gasteiger partial charge in [0.05, 0.1) is 12.6 Å². The first-order valence-corrected chi connectivity index (χ1v) is 6.11. The molecule has 96 valence electrons. The maximum atomic E-state index is 11.4. The Kier molecular flexibility index (Phi) is 8.21. The van der Waals surface area contributed by atoms with Crippen LogP contribution in [0, 0.1) is 5.92 Å². The number of carbonyl (C=O) groups is 1. The molecule has 0 spiro atoms. The Labute approximate surface area is 98.8 Å². The van der Waals surface area contributed by atoms with Crippen molar-refractivity contribution >= 4 is 5.91 Å². The van der Waals surface area contributed by atoms with Crippen LogP contribution in [0.25, 0.3) is 0 Å². The third-order valence-electron chi connectivity index (χ3n) is 2.65. The maximum absolute atomic E-state index is 11.4. The van der Waals surface area contributed by atoms with Crippen molar-refractivity contribution in [1.29, 1.82) is 0 Å². The van der Waals surface area contributed by atoms with Crippen molar-refractivity contribution in [2.45, 2.75) is 52.7 Å². The van der Waals surface area contributed by atoms with Crippen molar-refractivity contribution < 1.29 is 9.90 Å². The Hall–Kier alpha value is -0.610.